The second-order valence-corrected chi connectivity index (χ2v) is 6.39. The van der Waals surface area contributed by atoms with Gasteiger partial charge in [0.15, 0.2) is 5.65 Å². The number of hydrogen-bond acceptors (Lipinski definition) is 6. The van der Waals surface area contributed by atoms with Gasteiger partial charge in [0.25, 0.3) is 0 Å². The lowest BCUT2D eigenvalue weighted by Crippen LogP contribution is -2.15. The topological polar surface area (TPSA) is 81.8 Å². The second-order valence-electron chi connectivity index (χ2n) is 6.39. The molecule has 0 radical (unpaired) electrons. The molecule has 27 heavy (non-hydrogen) atoms. The van der Waals surface area contributed by atoms with E-state index in [1.54, 1.807) is 30.1 Å². The summed E-state index contributed by atoms with van der Waals surface area (Å²) in [5, 5.41) is 14.3. The number of para-hydroxylation sites is 1. The van der Waals surface area contributed by atoms with Crippen LogP contribution in [0.25, 0.3) is 5.65 Å². The predicted molar refractivity (Wildman–Crippen MR) is 97.6 cm³/mol. The van der Waals surface area contributed by atoms with E-state index in [0.717, 1.165) is 22.4 Å². The number of fused-ring (bicyclic) bond motifs is 4. The van der Waals surface area contributed by atoms with Crippen LogP contribution >= 0.6 is 0 Å². The number of aromatic nitrogens is 4. The number of aryl methyl sites for hydroxylation is 1. The van der Waals surface area contributed by atoms with Crippen LogP contribution in [0.2, 0.25) is 0 Å². The van der Waals surface area contributed by atoms with E-state index in [4.69, 9.17) is 9.47 Å². The van der Waals surface area contributed by atoms with Crippen molar-refractivity contribution in [2.75, 3.05) is 7.11 Å². The maximum absolute atomic E-state index is 9.92. The lowest BCUT2D eigenvalue weighted by molar-refractivity contribution is 0.401. The molecule has 7 nitrogen and oxygen atoms in total. The molecular formula is C20H16N4O3. The van der Waals surface area contributed by atoms with Gasteiger partial charge in [-0.3, -0.25) is 0 Å². The van der Waals surface area contributed by atoms with Crippen molar-refractivity contribution < 1.29 is 14.6 Å². The number of methoxy groups -OCH3 is 1. The summed E-state index contributed by atoms with van der Waals surface area (Å²) in [6.07, 6.45) is 1.58. The molecular weight excluding hydrogens is 344 g/mol. The van der Waals surface area contributed by atoms with Crippen LogP contribution in [-0.4, -0.2) is 31.8 Å². The summed E-state index contributed by atoms with van der Waals surface area (Å²) in [5.74, 6) is 2.33. The van der Waals surface area contributed by atoms with Crippen LogP contribution in [0.15, 0.2) is 48.8 Å². The van der Waals surface area contributed by atoms with Gasteiger partial charge in [-0.2, -0.15) is 5.10 Å². The normalized spacial score (nSPS) is 15.1. The third kappa shape index (κ3) is 2.32. The summed E-state index contributed by atoms with van der Waals surface area (Å²) in [6.45, 7) is 1.84. The van der Waals surface area contributed by atoms with Gasteiger partial charge in [-0.05, 0) is 19.1 Å². The van der Waals surface area contributed by atoms with Crippen molar-refractivity contribution in [3.8, 4) is 23.1 Å². The molecule has 1 atom stereocenters. The molecule has 3 heterocycles. The molecule has 7 heteroatoms. The van der Waals surface area contributed by atoms with E-state index in [1.807, 2.05) is 37.3 Å². The van der Waals surface area contributed by atoms with Crippen molar-refractivity contribution >= 4 is 5.65 Å². The first-order valence-corrected chi connectivity index (χ1v) is 8.51. The molecule has 0 fully saturated rings. The number of nitrogens with zero attached hydrogens (tertiary/aromatic N) is 4. The minimum absolute atomic E-state index is 0.135. The van der Waals surface area contributed by atoms with Gasteiger partial charge >= 0.3 is 0 Å². The quantitative estimate of drug-likeness (QED) is 0.519. The van der Waals surface area contributed by atoms with Crippen LogP contribution in [0, 0.1) is 6.92 Å². The first-order chi connectivity index (χ1) is 13.2. The highest BCUT2D eigenvalue weighted by molar-refractivity contribution is 5.67. The largest absolute Gasteiger partial charge is 0.508 e. The molecule has 134 valence electrons. The zero-order chi connectivity index (χ0) is 18.5. The molecule has 5 rings (SSSR count). The van der Waals surface area contributed by atoms with Gasteiger partial charge in [0, 0.05) is 17.2 Å². The number of rotatable bonds is 2. The van der Waals surface area contributed by atoms with Crippen LogP contribution in [0.4, 0.5) is 0 Å². The predicted octanol–water partition coefficient (Wildman–Crippen LogP) is 3.43. The Morgan fingerprint density at radius 2 is 2.00 bits per heavy atom. The minimum Gasteiger partial charge on any atom is -0.508 e. The van der Waals surface area contributed by atoms with Crippen molar-refractivity contribution in [3.63, 3.8) is 0 Å². The van der Waals surface area contributed by atoms with Crippen molar-refractivity contribution in [2.45, 2.75) is 12.8 Å². The molecule has 1 aliphatic heterocycles. The Balaban J connectivity index is 1.87. The average molecular weight is 360 g/mol. The Bertz CT molecular complexity index is 1190. The van der Waals surface area contributed by atoms with E-state index in [-0.39, 0.29) is 11.7 Å². The smallest absolute Gasteiger partial charge is 0.228 e. The van der Waals surface area contributed by atoms with Gasteiger partial charge in [-0.15, -0.1) is 0 Å². The number of benzene rings is 2. The highest BCUT2D eigenvalue weighted by atomic mass is 16.5. The molecule has 0 bridgehead atoms. The molecule has 0 saturated heterocycles. The highest BCUT2D eigenvalue weighted by Gasteiger charge is 2.34. The number of aromatic hydroxyl groups is 1. The van der Waals surface area contributed by atoms with E-state index < -0.39 is 0 Å². The standard InChI is InChI=1S/C20H16N4O3/c1-11-22-19-18-17(13-5-3-4-6-15(13)26-2)14-8-7-12(25)9-16(14)27-20(18)21-10-24(19)23-11/h3-10,17,25H,1-2H3/t17-/m1/s1. The van der Waals surface area contributed by atoms with Crippen LogP contribution < -0.4 is 9.47 Å². The van der Waals surface area contributed by atoms with E-state index in [0.29, 0.717) is 23.1 Å². The molecule has 2 aromatic carbocycles. The molecule has 2 aromatic heterocycles. The summed E-state index contributed by atoms with van der Waals surface area (Å²) < 4.78 is 13.3. The Morgan fingerprint density at radius 1 is 1.15 bits per heavy atom. The van der Waals surface area contributed by atoms with Crippen molar-refractivity contribution in [1.82, 2.24) is 19.6 Å². The van der Waals surface area contributed by atoms with Crippen LogP contribution in [0.1, 0.15) is 28.4 Å². The zero-order valence-corrected chi connectivity index (χ0v) is 14.7. The van der Waals surface area contributed by atoms with E-state index >= 15 is 0 Å². The molecule has 0 unspecified atom stereocenters. The summed E-state index contributed by atoms with van der Waals surface area (Å²) in [6, 6.07) is 12.9. The third-order valence-electron chi connectivity index (χ3n) is 4.75. The van der Waals surface area contributed by atoms with Crippen LogP contribution in [0.5, 0.6) is 23.1 Å². The molecule has 0 spiro atoms. The second kappa shape index (κ2) is 5.70. The van der Waals surface area contributed by atoms with Gasteiger partial charge in [0.2, 0.25) is 5.88 Å². The van der Waals surface area contributed by atoms with Crippen LogP contribution in [0.3, 0.4) is 0 Å². The average Bonchev–Trinajstić information content (AvgIpc) is 3.06. The van der Waals surface area contributed by atoms with Gasteiger partial charge < -0.3 is 14.6 Å². The SMILES string of the molecule is COc1ccccc1[C@@H]1c2ccc(O)cc2Oc2ncn3nc(C)nc3c21. The maximum Gasteiger partial charge on any atom is 0.228 e. The van der Waals surface area contributed by atoms with E-state index in [9.17, 15) is 5.11 Å². The Hall–Kier alpha value is -3.61. The van der Waals surface area contributed by atoms with E-state index in [2.05, 4.69) is 15.1 Å². The first kappa shape index (κ1) is 15.6. The molecule has 1 N–H and O–H groups in total. The van der Waals surface area contributed by atoms with Crippen molar-refractivity contribution in [1.29, 1.82) is 0 Å². The Morgan fingerprint density at radius 3 is 2.85 bits per heavy atom. The molecule has 4 aromatic rings. The Labute approximate surface area is 154 Å². The molecule has 0 amide bonds. The summed E-state index contributed by atoms with van der Waals surface area (Å²) in [4.78, 5) is 9.03. The van der Waals surface area contributed by atoms with Gasteiger partial charge in [-0.25, -0.2) is 14.5 Å². The number of phenols is 1. The lowest BCUT2D eigenvalue weighted by Gasteiger charge is -2.28. The number of phenolic OH excluding ortho intramolecular Hbond substituents is 1. The maximum atomic E-state index is 9.92. The number of hydrogen-bond donors (Lipinski definition) is 1. The highest BCUT2D eigenvalue weighted by Crippen LogP contribution is 2.50. The van der Waals surface area contributed by atoms with Crippen LogP contribution in [-0.2, 0) is 0 Å². The zero-order valence-electron chi connectivity index (χ0n) is 14.7. The molecule has 0 saturated carbocycles. The fraction of sp³-hybridized carbons (Fsp3) is 0.150. The summed E-state index contributed by atoms with van der Waals surface area (Å²) in [7, 11) is 1.65. The Kier molecular flexibility index (Phi) is 3.30. The molecule has 1 aliphatic rings. The fourth-order valence-corrected chi connectivity index (χ4v) is 3.64. The third-order valence-corrected chi connectivity index (χ3v) is 4.75. The monoisotopic (exact) mass is 360 g/mol. The summed E-state index contributed by atoms with van der Waals surface area (Å²) >= 11 is 0. The summed E-state index contributed by atoms with van der Waals surface area (Å²) in [5.41, 5.74) is 3.38. The van der Waals surface area contributed by atoms with Crippen molar-refractivity contribution in [2.24, 2.45) is 0 Å². The van der Waals surface area contributed by atoms with Gasteiger partial charge in [-0.1, -0.05) is 24.3 Å². The minimum atomic E-state index is -0.222. The number of ether oxygens (including phenoxy) is 2. The fourth-order valence-electron chi connectivity index (χ4n) is 3.64. The molecule has 0 aliphatic carbocycles. The van der Waals surface area contributed by atoms with Gasteiger partial charge in [0.1, 0.15) is 29.4 Å². The first-order valence-electron chi connectivity index (χ1n) is 8.51. The van der Waals surface area contributed by atoms with E-state index in [1.165, 1.54) is 0 Å². The van der Waals surface area contributed by atoms with Gasteiger partial charge in [0.05, 0.1) is 18.6 Å². The van der Waals surface area contributed by atoms with Crippen molar-refractivity contribution in [3.05, 3.63) is 71.3 Å². The lowest BCUT2D eigenvalue weighted by atomic mass is 9.83.